The molecular weight excluding hydrogens is 312 g/mol. The van der Waals surface area contributed by atoms with Crippen LogP contribution in [0, 0.1) is 12.8 Å². The van der Waals surface area contributed by atoms with Crippen LogP contribution < -0.4 is 5.32 Å². The Morgan fingerprint density at radius 2 is 1.80 bits per heavy atom. The standard InChI is InChI=1S/C21H30N2O2/c1-16-8-6-9-17(14-16)21(25)23-13-7-10-18(15-23)20(24)22-19-11-4-2-3-5-12-19/h6,8-9,14,18-19H,2-5,7,10-13,15H2,1H3,(H,22,24). The Balaban J connectivity index is 1.58. The molecule has 1 aliphatic heterocycles. The van der Waals surface area contributed by atoms with Gasteiger partial charge in [0, 0.05) is 24.7 Å². The highest BCUT2D eigenvalue weighted by Crippen LogP contribution is 2.22. The lowest BCUT2D eigenvalue weighted by atomic mass is 9.95. The lowest BCUT2D eigenvalue weighted by Gasteiger charge is -2.33. The second kappa shape index (κ2) is 8.50. The van der Waals surface area contributed by atoms with Crippen molar-refractivity contribution >= 4 is 11.8 Å². The van der Waals surface area contributed by atoms with Gasteiger partial charge in [0.2, 0.25) is 5.91 Å². The minimum absolute atomic E-state index is 0.0515. The number of rotatable bonds is 3. The summed E-state index contributed by atoms with van der Waals surface area (Å²) < 4.78 is 0. The third kappa shape index (κ3) is 4.83. The predicted octanol–water partition coefficient (Wildman–Crippen LogP) is 3.69. The monoisotopic (exact) mass is 342 g/mol. The third-order valence-electron chi connectivity index (χ3n) is 5.55. The molecule has 0 aromatic heterocycles. The van der Waals surface area contributed by atoms with Gasteiger partial charge in [-0.3, -0.25) is 9.59 Å². The number of amides is 2. The van der Waals surface area contributed by atoms with Crippen LogP contribution in [0.1, 0.15) is 67.3 Å². The fourth-order valence-corrected chi connectivity index (χ4v) is 4.08. The van der Waals surface area contributed by atoms with E-state index in [0.717, 1.165) is 43.4 Å². The Bertz CT molecular complexity index is 606. The number of likely N-dealkylation sites (tertiary alicyclic amines) is 1. The number of carbonyl (C=O) groups is 2. The number of hydrogen-bond acceptors (Lipinski definition) is 2. The molecule has 25 heavy (non-hydrogen) atoms. The van der Waals surface area contributed by atoms with Crippen molar-refractivity contribution in [2.24, 2.45) is 5.92 Å². The number of aryl methyl sites for hydroxylation is 1. The van der Waals surface area contributed by atoms with Gasteiger partial charge in [0.05, 0.1) is 5.92 Å². The van der Waals surface area contributed by atoms with Crippen molar-refractivity contribution in [3.05, 3.63) is 35.4 Å². The first-order chi connectivity index (χ1) is 12.1. The molecule has 4 nitrogen and oxygen atoms in total. The molecule has 0 spiro atoms. The van der Waals surface area contributed by atoms with Crippen LogP contribution in [-0.2, 0) is 4.79 Å². The Morgan fingerprint density at radius 1 is 1.04 bits per heavy atom. The number of nitrogens with zero attached hydrogens (tertiary/aromatic N) is 1. The highest BCUT2D eigenvalue weighted by molar-refractivity contribution is 5.95. The fourth-order valence-electron chi connectivity index (χ4n) is 4.08. The second-order valence-electron chi connectivity index (χ2n) is 7.66. The molecule has 1 aromatic rings. The molecule has 1 heterocycles. The minimum atomic E-state index is -0.0641. The summed E-state index contributed by atoms with van der Waals surface area (Å²) in [6.07, 6.45) is 9.00. The molecule has 1 atom stereocenters. The Labute approximate surface area is 151 Å². The van der Waals surface area contributed by atoms with E-state index in [1.165, 1.54) is 25.7 Å². The number of piperidine rings is 1. The van der Waals surface area contributed by atoms with Crippen molar-refractivity contribution in [2.75, 3.05) is 13.1 Å². The normalized spacial score (nSPS) is 22.3. The molecule has 1 N–H and O–H groups in total. The van der Waals surface area contributed by atoms with Crippen molar-refractivity contribution in [1.29, 1.82) is 0 Å². The maximum Gasteiger partial charge on any atom is 0.253 e. The number of carbonyl (C=O) groups excluding carboxylic acids is 2. The molecule has 1 saturated carbocycles. The van der Waals surface area contributed by atoms with Crippen LogP contribution in [-0.4, -0.2) is 35.8 Å². The Hall–Kier alpha value is -1.84. The maximum atomic E-state index is 12.7. The van der Waals surface area contributed by atoms with Crippen LogP contribution in [0.15, 0.2) is 24.3 Å². The topological polar surface area (TPSA) is 49.4 Å². The molecule has 3 rings (SSSR count). The van der Waals surface area contributed by atoms with E-state index in [1.807, 2.05) is 36.1 Å². The zero-order valence-electron chi connectivity index (χ0n) is 15.3. The molecular formula is C21H30N2O2. The van der Waals surface area contributed by atoms with E-state index in [2.05, 4.69) is 5.32 Å². The van der Waals surface area contributed by atoms with Crippen molar-refractivity contribution in [1.82, 2.24) is 10.2 Å². The van der Waals surface area contributed by atoms with Gasteiger partial charge in [-0.25, -0.2) is 0 Å². The minimum Gasteiger partial charge on any atom is -0.353 e. The zero-order chi connectivity index (χ0) is 17.6. The highest BCUT2D eigenvalue weighted by Gasteiger charge is 2.30. The van der Waals surface area contributed by atoms with Crippen molar-refractivity contribution in [3.8, 4) is 0 Å². The van der Waals surface area contributed by atoms with Gasteiger partial charge in [-0.15, -0.1) is 0 Å². The number of benzene rings is 1. The molecule has 0 radical (unpaired) electrons. The molecule has 2 aliphatic rings. The molecule has 1 aliphatic carbocycles. The van der Waals surface area contributed by atoms with Gasteiger partial charge < -0.3 is 10.2 Å². The van der Waals surface area contributed by atoms with Gasteiger partial charge in [0.25, 0.3) is 5.91 Å². The zero-order valence-corrected chi connectivity index (χ0v) is 15.3. The van der Waals surface area contributed by atoms with Crippen LogP contribution in [0.4, 0.5) is 0 Å². The summed E-state index contributed by atoms with van der Waals surface area (Å²) in [5.74, 6) is 0.134. The fraction of sp³-hybridized carbons (Fsp3) is 0.619. The van der Waals surface area contributed by atoms with Gasteiger partial charge in [-0.1, -0.05) is 43.4 Å². The molecule has 4 heteroatoms. The van der Waals surface area contributed by atoms with E-state index in [4.69, 9.17) is 0 Å². The average molecular weight is 342 g/mol. The maximum absolute atomic E-state index is 12.7. The van der Waals surface area contributed by atoms with Crippen LogP contribution >= 0.6 is 0 Å². The average Bonchev–Trinajstić information content (AvgIpc) is 2.90. The number of nitrogens with one attached hydrogen (secondary N) is 1. The SMILES string of the molecule is Cc1cccc(C(=O)N2CCCC(C(=O)NC3CCCCCC3)C2)c1. The predicted molar refractivity (Wildman–Crippen MR) is 99.4 cm³/mol. The van der Waals surface area contributed by atoms with Crippen molar-refractivity contribution < 1.29 is 9.59 Å². The Kier molecular flexibility index (Phi) is 6.11. The molecule has 2 amide bonds. The smallest absolute Gasteiger partial charge is 0.253 e. The molecule has 1 aromatic carbocycles. The summed E-state index contributed by atoms with van der Waals surface area (Å²) >= 11 is 0. The Morgan fingerprint density at radius 3 is 2.52 bits per heavy atom. The van der Waals surface area contributed by atoms with E-state index in [1.54, 1.807) is 0 Å². The molecule has 2 fully saturated rings. The van der Waals surface area contributed by atoms with E-state index in [-0.39, 0.29) is 17.7 Å². The van der Waals surface area contributed by atoms with Crippen LogP contribution in [0.2, 0.25) is 0 Å². The summed E-state index contributed by atoms with van der Waals surface area (Å²) in [7, 11) is 0. The van der Waals surface area contributed by atoms with Gasteiger partial charge in [-0.2, -0.15) is 0 Å². The van der Waals surface area contributed by atoms with E-state index < -0.39 is 0 Å². The van der Waals surface area contributed by atoms with Crippen LogP contribution in [0.25, 0.3) is 0 Å². The molecule has 1 unspecified atom stereocenters. The van der Waals surface area contributed by atoms with Gasteiger partial charge in [0.15, 0.2) is 0 Å². The largest absolute Gasteiger partial charge is 0.353 e. The number of hydrogen-bond donors (Lipinski definition) is 1. The van der Waals surface area contributed by atoms with Crippen LogP contribution in [0.3, 0.4) is 0 Å². The second-order valence-corrected chi connectivity index (χ2v) is 7.66. The quantitative estimate of drug-likeness (QED) is 0.852. The van der Waals surface area contributed by atoms with E-state index in [9.17, 15) is 9.59 Å². The van der Waals surface area contributed by atoms with Crippen LogP contribution in [0.5, 0.6) is 0 Å². The first-order valence-corrected chi connectivity index (χ1v) is 9.80. The first kappa shape index (κ1) is 18.0. The summed E-state index contributed by atoms with van der Waals surface area (Å²) in [6.45, 7) is 3.29. The molecule has 1 saturated heterocycles. The lowest BCUT2D eigenvalue weighted by Crippen LogP contribution is -2.47. The summed E-state index contributed by atoms with van der Waals surface area (Å²) in [5.41, 5.74) is 1.82. The van der Waals surface area contributed by atoms with Gasteiger partial charge >= 0.3 is 0 Å². The summed E-state index contributed by atoms with van der Waals surface area (Å²) in [5, 5.41) is 3.26. The van der Waals surface area contributed by atoms with Gasteiger partial charge in [-0.05, 0) is 44.7 Å². The highest BCUT2D eigenvalue weighted by atomic mass is 16.2. The third-order valence-corrected chi connectivity index (χ3v) is 5.55. The molecule has 136 valence electrons. The van der Waals surface area contributed by atoms with E-state index >= 15 is 0 Å². The first-order valence-electron chi connectivity index (χ1n) is 9.80. The van der Waals surface area contributed by atoms with E-state index in [0.29, 0.717) is 12.6 Å². The van der Waals surface area contributed by atoms with Gasteiger partial charge in [0.1, 0.15) is 0 Å². The van der Waals surface area contributed by atoms with Crippen molar-refractivity contribution in [3.63, 3.8) is 0 Å². The molecule has 0 bridgehead atoms. The van der Waals surface area contributed by atoms with Crippen molar-refractivity contribution in [2.45, 2.75) is 64.3 Å². The lowest BCUT2D eigenvalue weighted by molar-refractivity contribution is -0.127. The summed E-state index contributed by atoms with van der Waals surface area (Å²) in [6, 6.07) is 8.04. The summed E-state index contributed by atoms with van der Waals surface area (Å²) in [4.78, 5) is 27.3.